The highest BCUT2D eigenvalue weighted by Gasteiger charge is 2.50. The van der Waals surface area contributed by atoms with Gasteiger partial charge >= 0.3 is 29.4 Å². The van der Waals surface area contributed by atoms with Gasteiger partial charge in [0, 0.05) is 30.7 Å². The summed E-state index contributed by atoms with van der Waals surface area (Å²) in [6.07, 6.45) is -7.18. The molecule has 0 spiro atoms. The molecule has 1 fully saturated rings. The lowest BCUT2D eigenvalue weighted by Crippen LogP contribution is -2.46. The fourth-order valence-electron chi connectivity index (χ4n) is 4.41. The van der Waals surface area contributed by atoms with Crippen LogP contribution in [0.3, 0.4) is 0 Å². The molecule has 54 heavy (non-hydrogen) atoms. The molecule has 306 valence electrons. The molecule has 1 aliphatic rings. The van der Waals surface area contributed by atoms with Gasteiger partial charge in [-0.1, -0.05) is 13.8 Å². The molecule has 7 atom stereocenters. The van der Waals surface area contributed by atoms with Gasteiger partial charge in [0.1, 0.15) is 36.3 Å². The van der Waals surface area contributed by atoms with Crippen LogP contribution in [0.15, 0.2) is 12.7 Å². The van der Waals surface area contributed by atoms with E-state index in [4.69, 9.17) is 28.8 Å². The SMILES string of the molecule is CC(C)(COP(=O)(O)OP(=O)(O)OCC1OC(n2cnc3c(N)ncnc32)C(O)C1OP(=O)(O)O)C(O)C(=O)NCCC(=O)NCCSOC(=O)CCO. The van der Waals surface area contributed by atoms with Gasteiger partial charge in [-0.05, 0) is 0 Å². The Morgan fingerprint density at radius 3 is 2.41 bits per heavy atom. The van der Waals surface area contributed by atoms with E-state index in [0.29, 0.717) is 0 Å². The van der Waals surface area contributed by atoms with Crippen LogP contribution in [0.25, 0.3) is 11.2 Å². The topological polar surface area (TPSA) is 393 Å². The maximum atomic E-state index is 12.6. The molecule has 2 aromatic heterocycles. The monoisotopic (exact) mass is 855 g/mol. The number of imidazole rings is 1. The molecule has 1 saturated heterocycles. The average molecular weight is 856 g/mol. The summed E-state index contributed by atoms with van der Waals surface area (Å²) in [4.78, 5) is 86.4. The number of phosphoric ester groups is 3. The zero-order chi connectivity index (χ0) is 40.5. The summed E-state index contributed by atoms with van der Waals surface area (Å²) >= 11 is 0.773. The number of carbonyl (C=O) groups is 3. The molecule has 2 amide bonds. The van der Waals surface area contributed by atoms with Crippen molar-refractivity contribution in [2.24, 2.45) is 5.41 Å². The van der Waals surface area contributed by atoms with Gasteiger partial charge in [0.25, 0.3) is 0 Å². The number of aliphatic hydroxyl groups excluding tert-OH is 3. The highest BCUT2D eigenvalue weighted by molar-refractivity contribution is 7.95. The Kier molecular flexibility index (Phi) is 16.5. The predicted octanol–water partition coefficient (Wildman–Crippen LogP) is -2.02. The molecular formula is C24H40N7O19P3S. The highest BCUT2D eigenvalue weighted by Crippen LogP contribution is 2.61. The van der Waals surface area contributed by atoms with Gasteiger partial charge < -0.3 is 60.2 Å². The third kappa shape index (κ3) is 13.8. The van der Waals surface area contributed by atoms with E-state index in [0.717, 1.165) is 29.3 Å². The Morgan fingerprint density at radius 1 is 1.06 bits per heavy atom. The highest BCUT2D eigenvalue weighted by atomic mass is 32.2. The Bertz CT molecular complexity index is 1760. The van der Waals surface area contributed by atoms with Crippen molar-refractivity contribution in [3.63, 3.8) is 0 Å². The molecule has 3 rings (SSSR count). The van der Waals surface area contributed by atoms with Gasteiger partial charge in [-0.15, -0.1) is 0 Å². The van der Waals surface area contributed by atoms with Crippen LogP contribution in [0.2, 0.25) is 0 Å². The molecule has 0 aliphatic carbocycles. The molecular weight excluding hydrogens is 815 g/mol. The second-order valence-corrected chi connectivity index (χ2v) is 16.9. The first-order valence-corrected chi connectivity index (χ1v) is 20.8. The van der Waals surface area contributed by atoms with E-state index in [1.807, 2.05) is 0 Å². The number of fused-ring (bicyclic) bond motifs is 1. The Balaban J connectivity index is 1.50. The number of hydrogen-bond acceptors (Lipinski definition) is 20. The third-order valence-corrected chi connectivity index (χ3v) is 10.8. The molecule has 2 aromatic rings. The van der Waals surface area contributed by atoms with Crippen molar-refractivity contribution in [1.29, 1.82) is 0 Å². The summed E-state index contributed by atoms with van der Waals surface area (Å²) in [5, 5.41) is 34.8. The Morgan fingerprint density at radius 2 is 1.74 bits per heavy atom. The number of phosphoric acid groups is 3. The smallest absolute Gasteiger partial charge is 0.396 e. The van der Waals surface area contributed by atoms with Gasteiger partial charge in [-0.3, -0.25) is 32.5 Å². The van der Waals surface area contributed by atoms with Gasteiger partial charge in [-0.25, -0.2) is 28.6 Å². The van der Waals surface area contributed by atoms with Crippen LogP contribution in [-0.4, -0.2) is 135 Å². The molecule has 1 aliphatic heterocycles. The third-order valence-electron chi connectivity index (χ3n) is 7.05. The number of amides is 2. The van der Waals surface area contributed by atoms with Crippen molar-refractivity contribution in [2.75, 3.05) is 44.4 Å². The van der Waals surface area contributed by atoms with E-state index < -0.39 is 90.5 Å². The summed E-state index contributed by atoms with van der Waals surface area (Å²) in [7, 11) is -16.4. The number of nitrogens with zero attached hydrogens (tertiary/aromatic N) is 4. The first-order valence-electron chi connectivity index (χ1n) is 15.4. The van der Waals surface area contributed by atoms with Crippen molar-refractivity contribution >= 4 is 70.3 Å². The summed E-state index contributed by atoms with van der Waals surface area (Å²) in [6.45, 7) is -0.0545. The minimum Gasteiger partial charge on any atom is -0.396 e. The van der Waals surface area contributed by atoms with E-state index in [2.05, 4.69) is 34.4 Å². The molecule has 26 nitrogen and oxygen atoms in total. The summed E-state index contributed by atoms with van der Waals surface area (Å²) in [6, 6.07) is 0. The molecule has 3 heterocycles. The van der Waals surface area contributed by atoms with Gasteiger partial charge in [-0.2, -0.15) is 4.31 Å². The predicted molar refractivity (Wildman–Crippen MR) is 180 cm³/mol. The van der Waals surface area contributed by atoms with Crippen molar-refractivity contribution in [1.82, 2.24) is 30.2 Å². The Hall–Kier alpha value is -2.68. The standard InChI is InChI=1S/C24H40N7O19P3S/c1-24(2,19(36)22(37)27-5-3-14(33)26-6-8-54-49-15(34)4-7-32)10-46-53(43,44)50-52(41,42)45-9-13-18(48-51(38,39)40)17(35)23(47-13)31-12-30-16-20(25)28-11-29-21(16)31/h11-13,17-19,23,32,35-36H,3-10H2,1-2H3,(H,26,33)(H,27,37)(H,41,42)(H,43,44)(H2,25,28,29)(H2,38,39,40). The molecule has 0 radical (unpaired) electrons. The van der Waals surface area contributed by atoms with Crippen LogP contribution < -0.4 is 16.4 Å². The van der Waals surface area contributed by atoms with Gasteiger partial charge in [0.05, 0.1) is 44.6 Å². The van der Waals surface area contributed by atoms with Crippen LogP contribution in [0.1, 0.15) is 32.9 Å². The first kappa shape index (κ1) is 45.7. The van der Waals surface area contributed by atoms with Crippen LogP contribution in [0.4, 0.5) is 5.82 Å². The molecule has 0 bridgehead atoms. The molecule has 0 aromatic carbocycles. The van der Waals surface area contributed by atoms with Crippen molar-refractivity contribution in [2.45, 2.75) is 57.3 Å². The number of nitrogens with two attached hydrogens (primary N) is 1. The number of nitrogens with one attached hydrogen (secondary N) is 2. The molecule has 11 N–H and O–H groups in total. The lowest BCUT2D eigenvalue weighted by atomic mass is 9.87. The zero-order valence-corrected chi connectivity index (χ0v) is 31.8. The van der Waals surface area contributed by atoms with Crippen LogP contribution in [0, 0.1) is 5.41 Å². The van der Waals surface area contributed by atoms with Crippen molar-refractivity contribution < 1.29 is 89.8 Å². The fraction of sp³-hybridized carbons (Fsp3) is 0.667. The maximum Gasteiger partial charge on any atom is 0.481 e. The number of aliphatic hydroxyl groups is 3. The van der Waals surface area contributed by atoms with E-state index in [1.165, 1.54) is 13.8 Å². The molecule has 7 unspecified atom stereocenters. The maximum absolute atomic E-state index is 12.6. The fourth-order valence-corrected chi connectivity index (χ4v) is 7.72. The summed E-state index contributed by atoms with van der Waals surface area (Å²) < 4.78 is 66.6. The van der Waals surface area contributed by atoms with Crippen molar-refractivity contribution in [3.8, 4) is 0 Å². The van der Waals surface area contributed by atoms with E-state index in [9.17, 15) is 57.9 Å². The lowest BCUT2D eigenvalue weighted by molar-refractivity contribution is -0.137. The molecule has 30 heteroatoms. The molecule has 0 saturated carbocycles. The second kappa shape index (κ2) is 19.5. The largest absolute Gasteiger partial charge is 0.481 e. The van der Waals surface area contributed by atoms with Crippen molar-refractivity contribution in [3.05, 3.63) is 12.7 Å². The number of aromatic nitrogens is 4. The van der Waals surface area contributed by atoms with E-state index >= 15 is 0 Å². The van der Waals surface area contributed by atoms with E-state index in [1.54, 1.807) is 0 Å². The van der Waals surface area contributed by atoms with Crippen LogP contribution in [-0.2, 0) is 54.9 Å². The normalized spacial score (nSPS) is 21.9. The average Bonchev–Trinajstić information content (AvgIpc) is 3.62. The van der Waals surface area contributed by atoms with Crippen LogP contribution in [0.5, 0.6) is 0 Å². The number of hydrogen-bond donors (Lipinski definition) is 10. The zero-order valence-electron chi connectivity index (χ0n) is 28.3. The number of ether oxygens (including phenoxy) is 1. The van der Waals surface area contributed by atoms with E-state index in [-0.39, 0.29) is 55.3 Å². The van der Waals surface area contributed by atoms with Gasteiger partial charge in [0.2, 0.25) is 11.8 Å². The first-order chi connectivity index (χ1) is 25.1. The number of anilines is 1. The minimum absolute atomic E-state index is 0.0239. The second-order valence-electron chi connectivity index (χ2n) is 11.8. The van der Waals surface area contributed by atoms with Gasteiger partial charge in [0.15, 0.2) is 17.7 Å². The lowest BCUT2D eigenvalue weighted by Gasteiger charge is -2.30. The quantitative estimate of drug-likeness (QED) is 0.0347. The minimum atomic E-state index is -5.58. The summed E-state index contributed by atoms with van der Waals surface area (Å²) in [5.74, 6) is -1.95. The number of carbonyl (C=O) groups excluding carboxylic acids is 3. The number of nitrogen functional groups attached to an aromatic ring is 1. The summed E-state index contributed by atoms with van der Waals surface area (Å²) in [5.41, 5.74) is 4.22. The Labute approximate surface area is 309 Å². The van der Waals surface area contributed by atoms with Crippen LogP contribution >= 0.6 is 35.5 Å². The number of rotatable bonds is 22.